The summed E-state index contributed by atoms with van der Waals surface area (Å²) in [6, 6.07) is -0.505. The van der Waals surface area contributed by atoms with Gasteiger partial charge in [0.2, 0.25) is 17.7 Å². The van der Waals surface area contributed by atoms with Crippen molar-refractivity contribution in [2.24, 2.45) is 11.8 Å². The summed E-state index contributed by atoms with van der Waals surface area (Å²) in [5.41, 5.74) is 0. The van der Waals surface area contributed by atoms with Gasteiger partial charge in [0.15, 0.2) is 0 Å². The van der Waals surface area contributed by atoms with Crippen LogP contribution in [-0.4, -0.2) is 36.9 Å². The van der Waals surface area contributed by atoms with E-state index in [2.05, 4.69) is 29.8 Å². The Hall–Kier alpha value is -1.59. The zero-order chi connectivity index (χ0) is 22.8. The van der Waals surface area contributed by atoms with Crippen LogP contribution in [0, 0.1) is 11.8 Å². The molecule has 30 heavy (non-hydrogen) atoms. The second-order valence-corrected chi connectivity index (χ2v) is 8.54. The molecule has 0 fully saturated rings. The van der Waals surface area contributed by atoms with Gasteiger partial charge in [-0.15, -0.1) is 0 Å². The first-order valence-electron chi connectivity index (χ1n) is 12.2. The minimum absolute atomic E-state index is 0.0448. The van der Waals surface area contributed by atoms with Gasteiger partial charge in [0.05, 0.1) is 0 Å². The lowest BCUT2D eigenvalue weighted by Gasteiger charge is -2.20. The average Bonchev–Trinajstić information content (AvgIpc) is 2.72. The van der Waals surface area contributed by atoms with Crippen LogP contribution in [-0.2, 0) is 14.4 Å². The Morgan fingerprint density at radius 3 is 1.70 bits per heavy atom. The molecule has 0 radical (unpaired) electrons. The van der Waals surface area contributed by atoms with E-state index in [9.17, 15) is 14.4 Å². The van der Waals surface area contributed by atoms with Gasteiger partial charge in [0.25, 0.3) is 0 Å². The smallest absolute Gasteiger partial charge is 0.242 e. The number of carbonyl (C=O) groups excluding carboxylic acids is 3. The summed E-state index contributed by atoms with van der Waals surface area (Å²) >= 11 is 0. The lowest BCUT2D eigenvalue weighted by atomic mass is 10.0. The molecular weight excluding hydrogens is 378 g/mol. The quantitative estimate of drug-likeness (QED) is 0.286. The molecule has 0 bridgehead atoms. The van der Waals surface area contributed by atoms with Gasteiger partial charge >= 0.3 is 0 Å². The molecule has 3 N–H and O–H groups in total. The molecule has 0 aliphatic carbocycles. The first-order valence-corrected chi connectivity index (χ1v) is 12.2. The first-order chi connectivity index (χ1) is 14.4. The van der Waals surface area contributed by atoms with Crippen LogP contribution < -0.4 is 16.0 Å². The van der Waals surface area contributed by atoms with E-state index in [1.54, 1.807) is 0 Å². The second-order valence-electron chi connectivity index (χ2n) is 8.54. The molecule has 6 heteroatoms. The number of amides is 3. The molecule has 3 atom stereocenters. The van der Waals surface area contributed by atoms with Crippen molar-refractivity contribution < 1.29 is 14.4 Å². The molecule has 6 nitrogen and oxygen atoms in total. The summed E-state index contributed by atoms with van der Waals surface area (Å²) in [5, 5.41) is 8.75. The fourth-order valence-electron chi connectivity index (χ4n) is 3.40. The van der Waals surface area contributed by atoms with E-state index >= 15 is 0 Å². The third-order valence-electron chi connectivity index (χ3n) is 5.58. The number of carbonyl (C=O) groups is 3. The number of likely N-dealkylation sites (N-methyl/N-ethyl adjacent to an activating group) is 1. The summed E-state index contributed by atoms with van der Waals surface area (Å²) < 4.78 is 0. The van der Waals surface area contributed by atoms with Gasteiger partial charge < -0.3 is 16.0 Å². The zero-order valence-electron chi connectivity index (χ0n) is 20.1. The lowest BCUT2D eigenvalue weighted by molar-refractivity contribution is -0.131. The molecule has 0 saturated heterocycles. The Balaban J connectivity index is 4.33. The van der Waals surface area contributed by atoms with Crippen molar-refractivity contribution in [3.8, 4) is 0 Å². The molecule has 3 unspecified atom stereocenters. The van der Waals surface area contributed by atoms with Crippen LogP contribution in [0.25, 0.3) is 0 Å². The highest BCUT2D eigenvalue weighted by molar-refractivity contribution is 5.88. The summed E-state index contributed by atoms with van der Waals surface area (Å²) in [4.78, 5) is 36.9. The van der Waals surface area contributed by atoms with E-state index in [-0.39, 0.29) is 29.6 Å². The topological polar surface area (TPSA) is 87.3 Å². The van der Waals surface area contributed by atoms with Crippen LogP contribution in [0.4, 0.5) is 0 Å². The number of unbranched alkanes of at least 4 members (excludes halogenated alkanes) is 5. The van der Waals surface area contributed by atoms with E-state index in [0.29, 0.717) is 19.5 Å². The highest BCUT2D eigenvalue weighted by Gasteiger charge is 2.22. The molecule has 0 saturated carbocycles. The standard InChI is InChI=1S/C24H47N3O3/c1-6-9-11-15-19(4)22(28)26-18-14-13-17-21(24(30)25-8-3)27-23(29)20(5)16-12-10-7-2/h19-21H,6-18H2,1-5H3,(H,25,30)(H,26,28)(H,27,29). The van der Waals surface area contributed by atoms with Gasteiger partial charge in [0.1, 0.15) is 6.04 Å². The van der Waals surface area contributed by atoms with Crippen molar-refractivity contribution in [3.05, 3.63) is 0 Å². The van der Waals surface area contributed by atoms with Crippen LogP contribution >= 0.6 is 0 Å². The summed E-state index contributed by atoms with van der Waals surface area (Å²) in [5.74, 6) is -0.0904. The minimum atomic E-state index is -0.505. The van der Waals surface area contributed by atoms with Gasteiger partial charge in [-0.25, -0.2) is 0 Å². The van der Waals surface area contributed by atoms with Crippen LogP contribution in [0.1, 0.15) is 105 Å². The van der Waals surface area contributed by atoms with Gasteiger partial charge in [0, 0.05) is 24.9 Å². The lowest BCUT2D eigenvalue weighted by Crippen LogP contribution is -2.48. The predicted octanol–water partition coefficient (Wildman–Crippen LogP) is 4.33. The second kappa shape index (κ2) is 18.2. The highest BCUT2D eigenvalue weighted by Crippen LogP contribution is 2.11. The predicted molar refractivity (Wildman–Crippen MR) is 124 cm³/mol. The molecule has 0 heterocycles. The average molecular weight is 426 g/mol. The molecule has 0 aromatic rings. The van der Waals surface area contributed by atoms with Crippen LogP contribution in [0.15, 0.2) is 0 Å². The summed E-state index contributed by atoms with van der Waals surface area (Å²) in [6.45, 7) is 11.2. The van der Waals surface area contributed by atoms with Crippen LogP contribution in [0.3, 0.4) is 0 Å². The maximum Gasteiger partial charge on any atom is 0.242 e. The van der Waals surface area contributed by atoms with Crippen molar-refractivity contribution in [1.29, 1.82) is 0 Å². The summed E-state index contributed by atoms with van der Waals surface area (Å²) in [7, 11) is 0. The third-order valence-corrected chi connectivity index (χ3v) is 5.58. The molecule has 0 aromatic carbocycles. The first kappa shape index (κ1) is 28.4. The maximum atomic E-state index is 12.5. The Kier molecular flexibility index (Phi) is 17.2. The molecule has 3 amide bonds. The normalized spacial score (nSPS) is 13.9. The van der Waals surface area contributed by atoms with Crippen LogP contribution in [0.5, 0.6) is 0 Å². The Morgan fingerprint density at radius 2 is 1.17 bits per heavy atom. The molecule has 0 spiro atoms. The van der Waals surface area contributed by atoms with Gasteiger partial charge in [-0.1, -0.05) is 66.2 Å². The Bertz CT molecular complexity index is 482. The van der Waals surface area contributed by atoms with E-state index in [1.807, 2.05) is 20.8 Å². The van der Waals surface area contributed by atoms with E-state index in [0.717, 1.165) is 57.8 Å². The van der Waals surface area contributed by atoms with E-state index < -0.39 is 6.04 Å². The number of rotatable bonds is 18. The van der Waals surface area contributed by atoms with Crippen molar-refractivity contribution >= 4 is 17.7 Å². The number of hydrogen-bond acceptors (Lipinski definition) is 3. The maximum absolute atomic E-state index is 12.5. The van der Waals surface area contributed by atoms with Crippen molar-refractivity contribution in [1.82, 2.24) is 16.0 Å². The molecule has 0 aliphatic rings. The fraction of sp³-hybridized carbons (Fsp3) is 0.875. The van der Waals surface area contributed by atoms with E-state index in [4.69, 9.17) is 0 Å². The molecule has 0 rings (SSSR count). The van der Waals surface area contributed by atoms with Gasteiger partial charge in [-0.3, -0.25) is 14.4 Å². The molecule has 0 aliphatic heterocycles. The zero-order valence-corrected chi connectivity index (χ0v) is 20.1. The van der Waals surface area contributed by atoms with Crippen molar-refractivity contribution in [3.63, 3.8) is 0 Å². The highest BCUT2D eigenvalue weighted by atomic mass is 16.2. The van der Waals surface area contributed by atoms with Crippen molar-refractivity contribution in [2.45, 2.75) is 111 Å². The van der Waals surface area contributed by atoms with Gasteiger partial charge in [-0.05, 0) is 39.0 Å². The molecule has 0 aromatic heterocycles. The number of nitrogens with one attached hydrogen (secondary N) is 3. The molecular formula is C24H47N3O3. The largest absolute Gasteiger partial charge is 0.356 e. The SMILES string of the molecule is CCCCCC(C)C(=O)NCCCCC(NC(=O)C(C)CCCCC)C(=O)NCC. The van der Waals surface area contributed by atoms with Crippen molar-refractivity contribution in [2.75, 3.05) is 13.1 Å². The fourth-order valence-corrected chi connectivity index (χ4v) is 3.40. The molecule has 176 valence electrons. The number of hydrogen-bond donors (Lipinski definition) is 3. The summed E-state index contributed by atoms with van der Waals surface area (Å²) in [6.07, 6.45) is 10.7. The van der Waals surface area contributed by atoms with Gasteiger partial charge in [-0.2, -0.15) is 0 Å². The Labute approximate surface area is 184 Å². The third kappa shape index (κ3) is 13.6. The van der Waals surface area contributed by atoms with Crippen LogP contribution in [0.2, 0.25) is 0 Å². The monoisotopic (exact) mass is 425 g/mol. The Morgan fingerprint density at radius 1 is 0.633 bits per heavy atom. The van der Waals surface area contributed by atoms with E-state index in [1.165, 1.54) is 6.42 Å². The minimum Gasteiger partial charge on any atom is -0.356 e.